The summed E-state index contributed by atoms with van der Waals surface area (Å²) >= 11 is 1.72. The Bertz CT molecular complexity index is 272. The van der Waals surface area contributed by atoms with Gasteiger partial charge in [0, 0.05) is 19.7 Å². The Morgan fingerprint density at radius 3 is 2.90 bits per heavy atom. The lowest BCUT2D eigenvalue weighted by molar-refractivity contribution is -0.132. The largest absolute Gasteiger partial charge is 0.379 e. The number of hydrogen-bond donors (Lipinski definition) is 1. The maximum absolute atomic E-state index is 12.1. The van der Waals surface area contributed by atoms with Crippen LogP contribution >= 0.6 is 24.2 Å². The number of thioether (sulfide) groups is 1. The van der Waals surface area contributed by atoms with Crippen molar-refractivity contribution in [3.05, 3.63) is 0 Å². The molecule has 2 atom stereocenters. The third-order valence-electron chi connectivity index (χ3n) is 3.19. The molecular weight excluding hydrogens is 300 g/mol. The van der Waals surface area contributed by atoms with Crippen molar-refractivity contribution in [2.75, 3.05) is 44.9 Å². The van der Waals surface area contributed by atoms with Gasteiger partial charge in [-0.25, -0.2) is 0 Å². The lowest BCUT2D eigenvalue weighted by Gasteiger charge is -2.20. The fraction of sp³-hybridized carbons (Fsp3) is 0.923. The Morgan fingerprint density at radius 2 is 2.25 bits per heavy atom. The zero-order valence-corrected chi connectivity index (χ0v) is 14.0. The van der Waals surface area contributed by atoms with E-state index in [9.17, 15) is 4.79 Å². The second-order valence-corrected chi connectivity index (χ2v) is 5.64. The van der Waals surface area contributed by atoms with Gasteiger partial charge in [0.15, 0.2) is 0 Å². The number of nitrogens with zero attached hydrogens (tertiary/aromatic N) is 1. The summed E-state index contributed by atoms with van der Waals surface area (Å²) in [5.41, 5.74) is 5.90. The third-order valence-corrected chi connectivity index (χ3v) is 3.84. The molecule has 1 saturated heterocycles. The molecule has 0 aliphatic carbocycles. The lowest BCUT2D eigenvalue weighted by Crippen LogP contribution is -2.43. The lowest BCUT2D eigenvalue weighted by atomic mass is 10.2. The van der Waals surface area contributed by atoms with Gasteiger partial charge in [0.2, 0.25) is 5.91 Å². The average molecular weight is 327 g/mol. The molecule has 120 valence electrons. The molecule has 0 aromatic carbocycles. The molecule has 1 amide bonds. The van der Waals surface area contributed by atoms with Crippen molar-refractivity contribution in [3.8, 4) is 0 Å². The van der Waals surface area contributed by atoms with Crippen molar-refractivity contribution in [1.82, 2.24) is 4.90 Å². The van der Waals surface area contributed by atoms with E-state index >= 15 is 0 Å². The molecule has 0 aromatic heterocycles. The molecular formula is C13H27ClN2O3S. The summed E-state index contributed by atoms with van der Waals surface area (Å²) < 4.78 is 10.9. The Kier molecular flexibility index (Phi) is 11.6. The van der Waals surface area contributed by atoms with E-state index in [1.807, 2.05) is 18.1 Å². The molecule has 2 N–H and O–H groups in total. The first-order valence-corrected chi connectivity index (χ1v) is 8.31. The smallest absolute Gasteiger partial charge is 0.239 e. The zero-order valence-electron chi connectivity index (χ0n) is 12.4. The van der Waals surface area contributed by atoms with E-state index in [0.29, 0.717) is 26.4 Å². The monoisotopic (exact) mass is 326 g/mol. The Hall–Kier alpha value is -0.0100. The fourth-order valence-electron chi connectivity index (χ4n) is 2.09. The second kappa shape index (κ2) is 11.6. The predicted molar refractivity (Wildman–Crippen MR) is 85.7 cm³/mol. The van der Waals surface area contributed by atoms with E-state index < -0.39 is 0 Å². The van der Waals surface area contributed by atoms with E-state index in [2.05, 4.69) is 0 Å². The first kappa shape index (κ1) is 20.0. The van der Waals surface area contributed by atoms with E-state index in [0.717, 1.165) is 25.1 Å². The van der Waals surface area contributed by atoms with Crippen molar-refractivity contribution < 1.29 is 14.3 Å². The molecule has 0 aromatic rings. The van der Waals surface area contributed by atoms with Crippen LogP contribution in [0, 0.1) is 0 Å². The van der Waals surface area contributed by atoms with Crippen LogP contribution in [-0.2, 0) is 14.3 Å². The summed E-state index contributed by atoms with van der Waals surface area (Å²) in [5, 5.41) is 0. The number of amides is 1. The van der Waals surface area contributed by atoms with Gasteiger partial charge in [0.25, 0.3) is 0 Å². The van der Waals surface area contributed by atoms with Gasteiger partial charge in [-0.1, -0.05) is 0 Å². The van der Waals surface area contributed by atoms with E-state index in [4.69, 9.17) is 15.2 Å². The minimum atomic E-state index is -0.366. The first-order valence-electron chi connectivity index (χ1n) is 6.91. The number of likely N-dealkylation sites (tertiary alicyclic amines) is 1. The van der Waals surface area contributed by atoms with Gasteiger partial charge in [0.1, 0.15) is 0 Å². The van der Waals surface area contributed by atoms with Gasteiger partial charge in [0.05, 0.1) is 25.4 Å². The zero-order chi connectivity index (χ0) is 14.1. The standard InChI is InChI=1S/C13H26N2O3S.ClH/c1-3-17-7-8-18-11-4-6-15(10-11)13(16)12(14)5-9-19-2;/h11-12H,3-10,14H2,1-2H3;1H/t11-,12?;/m0./s1. The van der Waals surface area contributed by atoms with Gasteiger partial charge >= 0.3 is 0 Å². The highest BCUT2D eigenvalue weighted by Crippen LogP contribution is 2.14. The Balaban J connectivity index is 0.00000361. The van der Waals surface area contributed by atoms with Crippen LogP contribution in [0.2, 0.25) is 0 Å². The maximum Gasteiger partial charge on any atom is 0.239 e. The summed E-state index contributed by atoms with van der Waals surface area (Å²) in [6, 6.07) is -0.366. The predicted octanol–water partition coefficient (Wildman–Crippen LogP) is 1.14. The highest BCUT2D eigenvalue weighted by Gasteiger charge is 2.29. The van der Waals surface area contributed by atoms with Gasteiger partial charge < -0.3 is 20.1 Å². The third kappa shape index (κ3) is 7.13. The van der Waals surface area contributed by atoms with Crippen molar-refractivity contribution in [2.45, 2.75) is 31.9 Å². The van der Waals surface area contributed by atoms with E-state index in [1.165, 1.54) is 0 Å². The highest BCUT2D eigenvalue weighted by atomic mass is 35.5. The Morgan fingerprint density at radius 1 is 1.50 bits per heavy atom. The average Bonchev–Trinajstić information content (AvgIpc) is 2.89. The number of hydrogen-bond acceptors (Lipinski definition) is 5. The van der Waals surface area contributed by atoms with Crippen molar-refractivity contribution in [3.63, 3.8) is 0 Å². The van der Waals surface area contributed by atoms with Gasteiger partial charge in [-0.2, -0.15) is 11.8 Å². The van der Waals surface area contributed by atoms with Crippen LogP contribution in [0.5, 0.6) is 0 Å². The molecule has 7 heteroatoms. The van der Waals surface area contributed by atoms with Crippen LogP contribution in [0.4, 0.5) is 0 Å². The van der Waals surface area contributed by atoms with Crippen LogP contribution in [0.15, 0.2) is 0 Å². The molecule has 0 saturated carbocycles. The molecule has 0 bridgehead atoms. The summed E-state index contributed by atoms with van der Waals surface area (Å²) in [6.07, 6.45) is 3.80. The van der Waals surface area contributed by atoms with Crippen LogP contribution in [0.25, 0.3) is 0 Å². The number of rotatable bonds is 9. The summed E-state index contributed by atoms with van der Waals surface area (Å²) in [5.74, 6) is 0.986. The van der Waals surface area contributed by atoms with Gasteiger partial charge in [-0.15, -0.1) is 12.4 Å². The topological polar surface area (TPSA) is 64.8 Å². The molecule has 1 rings (SSSR count). The summed E-state index contributed by atoms with van der Waals surface area (Å²) in [4.78, 5) is 13.9. The normalized spacial score (nSPS) is 19.8. The van der Waals surface area contributed by atoms with Gasteiger partial charge in [-0.05, 0) is 31.8 Å². The molecule has 5 nitrogen and oxygen atoms in total. The molecule has 1 aliphatic rings. The van der Waals surface area contributed by atoms with E-state index in [1.54, 1.807) is 11.8 Å². The number of halogens is 1. The number of carbonyl (C=O) groups excluding carboxylic acids is 1. The number of ether oxygens (including phenoxy) is 2. The molecule has 0 spiro atoms. The summed E-state index contributed by atoms with van der Waals surface area (Å²) in [7, 11) is 0. The molecule has 1 fully saturated rings. The fourth-order valence-corrected chi connectivity index (χ4v) is 2.57. The minimum absolute atomic E-state index is 0. The second-order valence-electron chi connectivity index (χ2n) is 4.65. The number of nitrogens with two attached hydrogens (primary N) is 1. The molecule has 20 heavy (non-hydrogen) atoms. The highest BCUT2D eigenvalue weighted by molar-refractivity contribution is 7.98. The van der Waals surface area contributed by atoms with Crippen molar-refractivity contribution in [2.24, 2.45) is 5.73 Å². The number of carbonyl (C=O) groups is 1. The SMILES string of the molecule is CCOCCO[C@H]1CCN(C(=O)C(N)CCSC)C1.Cl. The van der Waals surface area contributed by atoms with Crippen LogP contribution in [0.1, 0.15) is 19.8 Å². The van der Waals surface area contributed by atoms with Crippen molar-refractivity contribution in [1.29, 1.82) is 0 Å². The summed E-state index contributed by atoms with van der Waals surface area (Å²) in [6.45, 7) is 5.31. The molecule has 0 radical (unpaired) electrons. The van der Waals surface area contributed by atoms with Crippen LogP contribution in [0.3, 0.4) is 0 Å². The molecule has 1 aliphatic heterocycles. The molecule has 1 unspecified atom stereocenters. The Labute approximate surface area is 132 Å². The minimum Gasteiger partial charge on any atom is -0.379 e. The quantitative estimate of drug-likeness (QED) is 0.644. The molecule has 1 heterocycles. The van der Waals surface area contributed by atoms with Crippen LogP contribution in [-0.4, -0.2) is 67.9 Å². The first-order chi connectivity index (χ1) is 9.19. The van der Waals surface area contributed by atoms with E-state index in [-0.39, 0.29) is 30.5 Å². The maximum atomic E-state index is 12.1. The van der Waals surface area contributed by atoms with Gasteiger partial charge in [-0.3, -0.25) is 4.79 Å². The van der Waals surface area contributed by atoms with Crippen LogP contribution < -0.4 is 5.73 Å². The van der Waals surface area contributed by atoms with Crippen molar-refractivity contribution >= 4 is 30.1 Å².